The molecule has 4 nitrogen and oxygen atoms in total. The zero-order valence-electron chi connectivity index (χ0n) is 15.2. The maximum atomic E-state index is 13.1. The number of aromatic nitrogens is 1. The van der Waals surface area contributed by atoms with Crippen LogP contribution in [0.3, 0.4) is 0 Å². The van der Waals surface area contributed by atoms with Crippen LogP contribution in [-0.2, 0) is 6.54 Å². The lowest BCUT2D eigenvalue weighted by atomic mass is 10.1. The van der Waals surface area contributed by atoms with E-state index in [1.807, 2.05) is 30.3 Å². The van der Waals surface area contributed by atoms with Crippen molar-refractivity contribution in [3.8, 4) is 5.75 Å². The second-order valence-corrected chi connectivity index (χ2v) is 7.79. The molecule has 3 aromatic rings. The fourth-order valence-electron chi connectivity index (χ4n) is 3.69. The number of hydrogen-bond donors (Lipinski definition) is 1. The summed E-state index contributed by atoms with van der Waals surface area (Å²) in [5.74, 6) is 0.874. The summed E-state index contributed by atoms with van der Waals surface area (Å²) in [5.41, 5.74) is 1.76. The molecule has 0 saturated carbocycles. The van der Waals surface area contributed by atoms with Crippen LogP contribution in [0.2, 0.25) is 0 Å². The second kappa shape index (κ2) is 7.16. The maximum absolute atomic E-state index is 13.1. The summed E-state index contributed by atoms with van der Waals surface area (Å²) in [6.07, 6.45) is 3.00. The number of thiophene rings is 1. The molecule has 0 fully saturated rings. The quantitative estimate of drug-likeness (QED) is 0.654. The average Bonchev–Trinajstić information content (AvgIpc) is 3.30. The number of carbonyl (C=O) groups excluding carboxylic acids is 1. The minimum atomic E-state index is -0.00393. The number of rotatable bonds is 6. The topological polar surface area (TPSA) is 43.3 Å². The summed E-state index contributed by atoms with van der Waals surface area (Å²) < 4.78 is 8.21. The van der Waals surface area contributed by atoms with Crippen molar-refractivity contribution < 1.29 is 9.53 Å². The summed E-state index contributed by atoms with van der Waals surface area (Å²) in [6.45, 7) is 4.99. The first-order chi connectivity index (χ1) is 12.7. The molecule has 1 aromatic carbocycles. The standard InChI is InChI=1S/C21H24N2O2S/c1-3-7-16(19-10-6-11-26-19)22-21(24)17-12-14-8-5-9-18-20(14)23(17)13-15(4-2)25-18/h5-6,8-12,15-16H,3-4,7,13H2,1-2H3,(H,22,24)/t15-,16+/m1/s1. The van der Waals surface area contributed by atoms with E-state index in [0.717, 1.165) is 48.2 Å². The van der Waals surface area contributed by atoms with E-state index in [4.69, 9.17) is 4.74 Å². The van der Waals surface area contributed by atoms with Crippen LogP contribution in [0.5, 0.6) is 5.75 Å². The molecule has 2 aromatic heterocycles. The highest BCUT2D eigenvalue weighted by Crippen LogP contribution is 2.34. The third kappa shape index (κ3) is 3.01. The molecule has 5 heteroatoms. The van der Waals surface area contributed by atoms with Gasteiger partial charge in [-0.1, -0.05) is 38.5 Å². The molecule has 136 valence electrons. The van der Waals surface area contributed by atoms with E-state index in [-0.39, 0.29) is 18.1 Å². The van der Waals surface area contributed by atoms with Gasteiger partial charge < -0.3 is 14.6 Å². The summed E-state index contributed by atoms with van der Waals surface area (Å²) in [5, 5.41) is 6.38. The number of ether oxygens (including phenoxy) is 1. The predicted octanol–water partition coefficient (Wildman–Crippen LogP) is 5.15. The van der Waals surface area contributed by atoms with Crippen LogP contribution in [0.4, 0.5) is 0 Å². The lowest BCUT2D eigenvalue weighted by molar-refractivity contribution is 0.0919. The van der Waals surface area contributed by atoms with E-state index in [1.54, 1.807) is 11.3 Å². The Bertz CT molecular complexity index is 914. The van der Waals surface area contributed by atoms with Crippen molar-refractivity contribution in [3.63, 3.8) is 0 Å². The van der Waals surface area contributed by atoms with Crippen LogP contribution < -0.4 is 10.1 Å². The van der Waals surface area contributed by atoms with Crippen molar-refractivity contribution in [3.05, 3.63) is 52.3 Å². The van der Waals surface area contributed by atoms with Crippen LogP contribution >= 0.6 is 11.3 Å². The monoisotopic (exact) mass is 368 g/mol. The van der Waals surface area contributed by atoms with Crippen LogP contribution in [-0.4, -0.2) is 16.6 Å². The summed E-state index contributed by atoms with van der Waals surface area (Å²) >= 11 is 1.70. The molecule has 0 spiro atoms. The fraction of sp³-hybridized carbons (Fsp3) is 0.381. The van der Waals surface area contributed by atoms with Gasteiger partial charge in [0.05, 0.1) is 18.1 Å². The fourth-order valence-corrected chi connectivity index (χ4v) is 4.50. The molecule has 26 heavy (non-hydrogen) atoms. The number of para-hydroxylation sites is 1. The van der Waals surface area contributed by atoms with Gasteiger partial charge >= 0.3 is 0 Å². The number of benzene rings is 1. The van der Waals surface area contributed by atoms with E-state index in [0.29, 0.717) is 0 Å². The largest absolute Gasteiger partial charge is 0.486 e. The van der Waals surface area contributed by atoms with Crippen molar-refractivity contribution in [1.29, 1.82) is 0 Å². The van der Waals surface area contributed by atoms with Crippen molar-refractivity contribution in [2.45, 2.75) is 51.8 Å². The van der Waals surface area contributed by atoms with Crippen molar-refractivity contribution >= 4 is 28.1 Å². The number of nitrogens with zero attached hydrogens (tertiary/aromatic N) is 1. The van der Waals surface area contributed by atoms with Crippen LogP contribution in [0, 0.1) is 0 Å². The van der Waals surface area contributed by atoms with Gasteiger partial charge in [0.2, 0.25) is 0 Å². The molecule has 1 amide bonds. The minimum Gasteiger partial charge on any atom is -0.486 e. The molecule has 1 aliphatic heterocycles. The van der Waals surface area contributed by atoms with E-state index in [2.05, 4.69) is 35.2 Å². The molecule has 1 N–H and O–H groups in total. The molecule has 3 heterocycles. The van der Waals surface area contributed by atoms with Gasteiger partial charge in [0, 0.05) is 10.3 Å². The van der Waals surface area contributed by atoms with Gasteiger partial charge in [-0.05, 0) is 36.4 Å². The molecule has 0 bridgehead atoms. The SMILES string of the molecule is CCC[C@H](NC(=O)c1cc2cccc3c2n1C[C@@H](CC)O3)c1cccs1. The number of nitrogens with one attached hydrogen (secondary N) is 1. The summed E-state index contributed by atoms with van der Waals surface area (Å²) in [4.78, 5) is 14.4. The first kappa shape index (κ1) is 17.2. The van der Waals surface area contributed by atoms with Gasteiger partial charge in [-0.25, -0.2) is 0 Å². The molecule has 0 aliphatic carbocycles. The van der Waals surface area contributed by atoms with Gasteiger partial charge in [0.1, 0.15) is 17.5 Å². The second-order valence-electron chi connectivity index (χ2n) is 6.81. The molecule has 1 aliphatic rings. The van der Waals surface area contributed by atoms with Gasteiger partial charge in [-0.2, -0.15) is 0 Å². The molecule has 0 saturated heterocycles. The molecule has 4 rings (SSSR count). The lowest BCUT2D eigenvalue weighted by Gasteiger charge is -2.26. The Morgan fingerprint density at radius 2 is 2.23 bits per heavy atom. The zero-order valence-corrected chi connectivity index (χ0v) is 16.0. The van der Waals surface area contributed by atoms with E-state index in [1.165, 1.54) is 4.88 Å². The van der Waals surface area contributed by atoms with Gasteiger partial charge in [-0.15, -0.1) is 11.3 Å². The smallest absolute Gasteiger partial charge is 0.268 e. The molecule has 2 atom stereocenters. The van der Waals surface area contributed by atoms with Gasteiger partial charge in [0.15, 0.2) is 0 Å². The Labute approximate surface area is 157 Å². The predicted molar refractivity (Wildman–Crippen MR) is 106 cm³/mol. The van der Waals surface area contributed by atoms with E-state index in [9.17, 15) is 4.79 Å². The lowest BCUT2D eigenvalue weighted by Crippen LogP contribution is -2.33. The Hall–Kier alpha value is -2.27. The first-order valence-electron chi connectivity index (χ1n) is 9.34. The van der Waals surface area contributed by atoms with Crippen LogP contribution in [0.1, 0.15) is 54.5 Å². The van der Waals surface area contributed by atoms with Crippen molar-refractivity contribution in [2.75, 3.05) is 0 Å². The van der Waals surface area contributed by atoms with E-state index >= 15 is 0 Å². The van der Waals surface area contributed by atoms with Crippen molar-refractivity contribution in [1.82, 2.24) is 9.88 Å². The normalized spacial score (nSPS) is 17.1. The Balaban J connectivity index is 1.68. The number of carbonyl (C=O) groups is 1. The highest BCUT2D eigenvalue weighted by molar-refractivity contribution is 7.10. The average molecular weight is 369 g/mol. The first-order valence-corrected chi connectivity index (χ1v) is 10.2. The van der Waals surface area contributed by atoms with Crippen LogP contribution in [0.25, 0.3) is 10.9 Å². The highest BCUT2D eigenvalue weighted by atomic mass is 32.1. The number of amides is 1. The Morgan fingerprint density at radius 1 is 1.35 bits per heavy atom. The third-order valence-corrected chi connectivity index (χ3v) is 6.01. The number of hydrogen-bond acceptors (Lipinski definition) is 3. The maximum Gasteiger partial charge on any atom is 0.268 e. The molecular formula is C21H24N2O2S. The van der Waals surface area contributed by atoms with Gasteiger partial charge in [0.25, 0.3) is 5.91 Å². The van der Waals surface area contributed by atoms with E-state index < -0.39 is 0 Å². The third-order valence-electron chi connectivity index (χ3n) is 5.02. The summed E-state index contributed by atoms with van der Waals surface area (Å²) in [7, 11) is 0. The Kier molecular flexibility index (Phi) is 4.72. The minimum absolute atomic E-state index is 0.00393. The Morgan fingerprint density at radius 3 is 2.96 bits per heavy atom. The molecule has 0 unspecified atom stereocenters. The van der Waals surface area contributed by atoms with Crippen molar-refractivity contribution in [2.24, 2.45) is 0 Å². The summed E-state index contributed by atoms with van der Waals surface area (Å²) in [6, 6.07) is 12.2. The van der Waals surface area contributed by atoms with Crippen LogP contribution in [0.15, 0.2) is 41.8 Å². The van der Waals surface area contributed by atoms with Gasteiger partial charge in [-0.3, -0.25) is 4.79 Å². The molecule has 0 radical (unpaired) electrons. The highest BCUT2D eigenvalue weighted by Gasteiger charge is 2.26. The molecular weight excluding hydrogens is 344 g/mol. The zero-order chi connectivity index (χ0) is 18.1.